The highest BCUT2D eigenvalue weighted by Gasteiger charge is 2.38. The van der Waals surface area contributed by atoms with Gasteiger partial charge in [0.1, 0.15) is 0 Å². The minimum absolute atomic E-state index is 0.164. The molecule has 112 valence electrons. The first kappa shape index (κ1) is 15.0. The van der Waals surface area contributed by atoms with E-state index in [4.69, 9.17) is 9.63 Å². The summed E-state index contributed by atoms with van der Waals surface area (Å²) < 4.78 is 41.2. The molecule has 1 aromatic heterocycles. The van der Waals surface area contributed by atoms with Crippen molar-refractivity contribution in [2.24, 2.45) is 0 Å². The number of benzene rings is 1. The first-order valence-corrected chi connectivity index (χ1v) is 5.93. The maximum atomic E-state index is 12.1. The minimum atomic E-state index is -4.79. The average molecular weight is 300 g/mol. The van der Waals surface area contributed by atoms with Gasteiger partial charge < -0.3 is 14.9 Å². The summed E-state index contributed by atoms with van der Waals surface area (Å²) in [5, 5.41) is 14.2. The number of nitrogens with zero attached hydrogens (tertiary/aromatic N) is 1. The molecule has 1 unspecified atom stereocenters. The Morgan fingerprint density at radius 1 is 1.33 bits per heavy atom. The van der Waals surface area contributed by atoms with Crippen molar-refractivity contribution < 1.29 is 27.6 Å². The number of hydrogen-bond donors (Lipinski definition) is 2. The van der Waals surface area contributed by atoms with Crippen LogP contribution in [-0.4, -0.2) is 35.0 Å². The highest BCUT2D eigenvalue weighted by atomic mass is 19.4. The fraction of sp³-hybridized carbons (Fsp3) is 0.231. The Balaban J connectivity index is 2.00. The summed E-state index contributed by atoms with van der Waals surface area (Å²) >= 11 is 0. The summed E-state index contributed by atoms with van der Waals surface area (Å²) in [6, 6.07) is 10.1. The van der Waals surface area contributed by atoms with E-state index in [0.717, 1.165) is 0 Å². The van der Waals surface area contributed by atoms with E-state index in [0.29, 0.717) is 11.3 Å². The molecule has 0 spiro atoms. The molecular weight excluding hydrogens is 289 g/mol. The van der Waals surface area contributed by atoms with Crippen LogP contribution in [-0.2, 0) is 0 Å². The molecule has 0 aliphatic heterocycles. The van der Waals surface area contributed by atoms with Crippen molar-refractivity contribution in [3.05, 3.63) is 42.1 Å². The average Bonchev–Trinajstić information content (AvgIpc) is 2.94. The zero-order valence-electron chi connectivity index (χ0n) is 10.6. The van der Waals surface area contributed by atoms with Gasteiger partial charge in [-0.15, -0.1) is 0 Å². The van der Waals surface area contributed by atoms with Gasteiger partial charge in [-0.05, 0) is 0 Å². The van der Waals surface area contributed by atoms with Gasteiger partial charge in [-0.25, -0.2) is 0 Å². The van der Waals surface area contributed by atoms with Crippen LogP contribution >= 0.6 is 0 Å². The molecule has 2 N–H and O–H groups in total. The standard InChI is InChI=1S/C13H11F3N2O3/c14-13(15,16)11(19)7-17-12(20)9-6-10(21-18-9)8-4-2-1-3-5-8/h1-6,11,19H,7H2,(H,17,20). The number of aromatic nitrogens is 1. The number of carbonyl (C=O) groups excluding carboxylic acids is 1. The molecule has 0 fully saturated rings. The van der Waals surface area contributed by atoms with Crippen LogP contribution in [0, 0.1) is 0 Å². The molecule has 0 aliphatic carbocycles. The molecule has 8 heteroatoms. The van der Waals surface area contributed by atoms with Gasteiger partial charge in [-0.3, -0.25) is 4.79 Å². The number of rotatable bonds is 4. The Morgan fingerprint density at radius 2 is 2.00 bits per heavy atom. The van der Waals surface area contributed by atoms with E-state index in [1.807, 2.05) is 5.32 Å². The second kappa shape index (κ2) is 5.96. The Morgan fingerprint density at radius 3 is 2.62 bits per heavy atom. The van der Waals surface area contributed by atoms with Crippen molar-refractivity contribution in [3.63, 3.8) is 0 Å². The summed E-state index contributed by atoms with van der Waals surface area (Å²) in [6.07, 6.45) is -7.41. The maximum Gasteiger partial charge on any atom is 0.416 e. The van der Waals surface area contributed by atoms with Crippen LogP contribution in [0.15, 0.2) is 40.9 Å². The molecule has 5 nitrogen and oxygen atoms in total. The second-order valence-corrected chi connectivity index (χ2v) is 4.21. The van der Waals surface area contributed by atoms with Gasteiger partial charge in [0.05, 0.1) is 6.54 Å². The van der Waals surface area contributed by atoms with Crippen LogP contribution in [0.25, 0.3) is 11.3 Å². The van der Waals surface area contributed by atoms with Gasteiger partial charge in [-0.1, -0.05) is 35.5 Å². The molecule has 0 bridgehead atoms. The van der Waals surface area contributed by atoms with E-state index in [1.165, 1.54) is 6.07 Å². The number of amides is 1. The molecule has 1 amide bonds. The Labute approximate surface area is 117 Å². The predicted molar refractivity (Wildman–Crippen MR) is 66.3 cm³/mol. The van der Waals surface area contributed by atoms with Crippen molar-refractivity contribution in [1.29, 1.82) is 0 Å². The maximum absolute atomic E-state index is 12.1. The first-order valence-electron chi connectivity index (χ1n) is 5.93. The number of carbonyl (C=O) groups is 1. The van der Waals surface area contributed by atoms with Gasteiger partial charge in [0.2, 0.25) is 0 Å². The zero-order chi connectivity index (χ0) is 15.5. The topological polar surface area (TPSA) is 75.4 Å². The van der Waals surface area contributed by atoms with Crippen molar-refractivity contribution in [2.45, 2.75) is 12.3 Å². The SMILES string of the molecule is O=C(NCC(O)C(F)(F)F)c1cc(-c2ccccc2)on1. The minimum Gasteiger partial charge on any atom is -0.382 e. The molecule has 0 radical (unpaired) electrons. The summed E-state index contributed by atoms with van der Waals surface area (Å²) in [5.74, 6) is -0.540. The smallest absolute Gasteiger partial charge is 0.382 e. The van der Waals surface area contributed by atoms with Crippen molar-refractivity contribution >= 4 is 5.91 Å². The highest BCUT2D eigenvalue weighted by Crippen LogP contribution is 2.21. The molecular formula is C13H11F3N2O3. The predicted octanol–water partition coefficient (Wildman–Crippen LogP) is 1.99. The van der Waals surface area contributed by atoms with Crippen LogP contribution in [0.3, 0.4) is 0 Å². The lowest BCUT2D eigenvalue weighted by atomic mass is 10.1. The molecule has 0 saturated carbocycles. The molecule has 1 aromatic carbocycles. The number of halogens is 3. The van der Waals surface area contributed by atoms with Crippen molar-refractivity contribution in [3.8, 4) is 11.3 Å². The fourth-order valence-corrected chi connectivity index (χ4v) is 1.52. The van der Waals surface area contributed by atoms with Gasteiger partial charge in [-0.2, -0.15) is 13.2 Å². The zero-order valence-corrected chi connectivity index (χ0v) is 10.6. The molecule has 21 heavy (non-hydrogen) atoms. The monoisotopic (exact) mass is 300 g/mol. The molecule has 1 atom stereocenters. The third kappa shape index (κ3) is 3.82. The number of aliphatic hydroxyl groups is 1. The largest absolute Gasteiger partial charge is 0.416 e. The van der Waals surface area contributed by atoms with Gasteiger partial charge in [0.25, 0.3) is 5.91 Å². The fourth-order valence-electron chi connectivity index (χ4n) is 1.52. The van der Waals surface area contributed by atoms with Crippen LogP contribution in [0.5, 0.6) is 0 Å². The third-order valence-electron chi connectivity index (χ3n) is 2.63. The Hall–Kier alpha value is -2.35. The molecule has 2 rings (SSSR count). The molecule has 1 heterocycles. The van der Waals surface area contributed by atoms with Gasteiger partial charge in [0.15, 0.2) is 17.6 Å². The normalized spacial score (nSPS) is 13.0. The third-order valence-corrected chi connectivity index (χ3v) is 2.63. The van der Waals surface area contributed by atoms with Crippen LogP contribution in [0.1, 0.15) is 10.5 Å². The number of alkyl halides is 3. The molecule has 0 saturated heterocycles. The van der Waals surface area contributed by atoms with Crippen molar-refractivity contribution in [2.75, 3.05) is 6.54 Å². The van der Waals surface area contributed by atoms with E-state index >= 15 is 0 Å². The Bertz CT molecular complexity index is 611. The van der Waals surface area contributed by atoms with Crippen molar-refractivity contribution in [1.82, 2.24) is 10.5 Å². The summed E-state index contributed by atoms with van der Waals surface area (Å²) in [7, 11) is 0. The lowest BCUT2D eigenvalue weighted by Gasteiger charge is -2.14. The van der Waals surface area contributed by atoms with Gasteiger partial charge in [0, 0.05) is 11.6 Å². The van der Waals surface area contributed by atoms with E-state index in [9.17, 15) is 18.0 Å². The van der Waals surface area contributed by atoms with Crippen LogP contribution < -0.4 is 5.32 Å². The summed E-state index contributed by atoms with van der Waals surface area (Å²) in [4.78, 5) is 11.6. The summed E-state index contributed by atoms with van der Waals surface area (Å²) in [5.41, 5.74) is 0.516. The van der Waals surface area contributed by atoms with E-state index < -0.39 is 24.7 Å². The molecule has 2 aromatic rings. The number of hydrogen-bond acceptors (Lipinski definition) is 4. The van der Waals surface area contributed by atoms with Crippen LogP contribution in [0.2, 0.25) is 0 Å². The Kier molecular flexibility index (Phi) is 4.27. The lowest BCUT2D eigenvalue weighted by molar-refractivity contribution is -0.201. The quantitative estimate of drug-likeness (QED) is 0.905. The van der Waals surface area contributed by atoms with Crippen LogP contribution in [0.4, 0.5) is 13.2 Å². The highest BCUT2D eigenvalue weighted by molar-refractivity contribution is 5.93. The molecule has 0 aliphatic rings. The second-order valence-electron chi connectivity index (χ2n) is 4.21. The van der Waals surface area contributed by atoms with E-state index in [-0.39, 0.29) is 5.69 Å². The van der Waals surface area contributed by atoms with E-state index in [2.05, 4.69) is 5.16 Å². The number of aliphatic hydroxyl groups excluding tert-OH is 1. The van der Waals surface area contributed by atoms with Gasteiger partial charge >= 0.3 is 6.18 Å². The summed E-state index contributed by atoms with van der Waals surface area (Å²) in [6.45, 7) is -0.949. The lowest BCUT2D eigenvalue weighted by Crippen LogP contribution is -2.40. The number of nitrogens with one attached hydrogen (secondary N) is 1. The van der Waals surface area contributed by atoms with E-state index in [1.54, 1.807) is 30.3 Å². The first-order chi connectivity index (χ1) is 9.88.